The molecule has 0 spiro atoms. The summed E-state index contributed by atoms with van der Waals surface area (Å²) >= 11 is 5.81. The lowest BCUT2D eigenvalue weighted by atomic mass is 10.2. The number of carbonyl (C=O) groups is 2. The highest BCUT2D eigenvalue weighted by Crippen LogP contribution is 2.19. The van der Waals surface area contributed by atoms with Gasteiger partial charge in [-0.05, 0) is 30.2 Å². The SMILES string of the molecule is CCCCN1C(=O)NC(=O)/C1=C\c1ccc(Cl)cc1. The second kappa shape index (κ2) is 5.89. The normalized spacial score (nSPS) is 17.2. The van der Waals surface area contributed by atoms with Gasteiger partial charge < -0.3 is 0 Å². The third-order valence-electron chi connectivity index (χ3n) is 2.90. The van der Waals surface area contributed by atoms with Crippen molar-refractivity contribution in [3.8, 4) is 0 Å². The molecule has 0 atom stereocenters. The van der Waals surface area contributed by atoms with Gasteiger partial charge in [-0.3, -0.25) is 15.0 Å². The zero-order chi connectivity index (χ0) is 13.8. The minimum Gasteiger partial charge on any atom is -0.289 e. The Balaban J connectivity index is 2.26. The van der Waals surface area contributed by atoms with Gasteiger partial charge in [0, 0.05) is 11.6 Å². The fourth-order valence-corrected chi connectivity index (χ4v) is 1.99. The van der Waals surface area contributed by atoms with Crippen molar-refractivity contribution in [1.82, 2.24) is 10.2 Å². The van der Waals surface area contributed by atoms with Crippen LogP contribution in [0.4, 0.5) is 4.79 Å². The van der Waals surface area contributed by atoms with Crippen LogP contribution in [0.5, 0.6) is 0 Å². The highest BCUT2D eigenvalue weighted by molar-refractivity contribution is 6.30. The van der Waals surface area contributed by atoms with Crippen LogP contribution in [-0.4, -0.2) is 23.4 Å². The van der Waals surface area contributed by atoms with E-state index >= 15 is 0 Å². The molecular formula is C14H15ClN2O2. The molecule has 0 bridgehead atoms. The van der Waals surface area contributed by atoms with Crippen molar-refractivity contribution in [1.29, 1.82) is 0 Å². The van der Waals surface area contributed by atoms with Crippen LogP contribution in [0, 0.1) is 0 Å². The van der Waals surface area contributed by atoms with Crippen molar-refractivity contribution >= 4 is 29.6 Å². The molecule has 0 aromatic heterocycles. The van der Waals surface area contributed by atoms with E-state index in [9.17, 15) is 9.59 Å². The summed E-state index contributed by atoms with van der Waals surface area (Å²) in [7, 11) is 0. The maximum absolute atomic E-state index is 11.8. The van der Waals surface area contributed by atoms with Gasteiger partial charge in [-0.15, -0.1) is 0 Å². The molecular weight excluding hydrogens is 264 g/mol. The van der Waals surface area contributed by atoms with Crippen LogP contribution in [0.2, 0.25) is 5.02 Å². The lowest BCUT2D eigenvalue weighted by Crippen LogP contribution is -2.28. The maximum atomic E-state index is 11.8. The number of urea groups is 1. The Labute approximate surface area is 117 Å². The van der Waals surface area contributed by atoms with E-state index in [1.807, 2.05) is 19.1 Å². The lowest BCUT2D eigenvalue weighted by Gasteiger charge is -2.14. The third-order valence-corrected chi connectivity index (χ3v) is 3.15. The summed E-state index contributed by atoms with van der Waals surface area (Å²) in [5.74, 6) is -0.351. The summed E-state index contributed by atoms with van der Waals surface area (Å²) in [6.07, 6.45) is 3.52. The van der Waals surface area contributed by atoms with Gasteiger partial charge in [0.1, 0.15) is 5.70 Å². The van der Waals surface area contributed by atoms with Crippen molar-refractivity contribution in [2.45, 2.75) is 19.8 Å². The minimum absolute atomic E-state index is 0.348. The summed E-state index contributed by atoms with van der Waals surface area (Å²) in [5, 5.41) is 2.95. The molecule has 2 rings (SSSR count). The molecule has 1 aliphatic heterocycles. The van der Waals surface area contributed by atoms with Crippen LogP contribution < -0.4 is 5.32 Å². The van der Waals surface area contributed by atoms with Crippen LogP contribution in [0.15, 0.2) is 30.0 Å². The molecule has 100 valence electrons. The van der Waals surface area contributed by atoms with Crippen LogP contribution in [0.25, 0.3) is 6.08 Å². The minimum atomic E-state index is -0.351. The van der Waals surface area contributed by atoms with Gasteiger partial charge in [0.05, 0.1) is 0 Å². The molecule has 1 aromatic carbocycles. The van der Waals surface area contributed by atoms with Crippen molar-refractivity contribution in [3.63, 3.8) is 0 Å². The predicted octanol–water partition coefficient (Wildman–Crippen LogP) is 3.03. The Hall–Kier alpha value is -1.81. The molecule has 1 saturated heterocycles. The zero-order valence-corrected chi connectivity index (χ0v) is 11.4. The first kappa shape index (κ1) is 13.6. The largest absolute Gasteiger partial charge is 0.329 e. The summed E-state index contributed by atoms with van der Waals surface area (Å²) in [6, 6.07) is 6.77. The number of amides is 3. The highest BCUT2D eigenvalue weighted by atomic mass is 35.5. The zero-order valence-electron chi connectivity index (χ0n) is 10.6. The number of nitrogens with one attached hydrogen (secondary N) is 1. The smallest absolute Gasteiger partial charge is 0.289 e. The van der Waals surface area contributed by atoms with E-state index in [4.69, 9.17) is 11.6 Å². The van der Waals surface area contributed by atoms with E-state index < -0.39 is 0 Å². The standard InChI is InChI=1S/C14H15ClN2O2/c1-2-3-8-17-12(13(18)16-14(17)19)9-10-4-6-11(15)7-5-10/h4-7,9H,2-3,8H2,1H3,(H,16,18,19)/b12-9+. The van der Waals surface area contributed by atoms with Gasteiger partial charge in [-0.25, -0.2) is 4.79 Å². The van der Waals surface area contributed by atoms with Crippen LogP contribution in [-0.2, 0) is 4.79 Å². The van der Waals surface area contributed by atoms with Crippen LogP contribution >= 0.6 is 11.6 Å². The average Bonchev–Trinajstić information content (AvgIpc) is 2.65. The number of imide groups is 1. The van der Waals surface area contributed by atoms with Crippen LogP contribution in [0.1, 0.15) is 25.3 Å². The number of halogens is 1. The fraction of sp³-hybridized carbons (Fsp3) is 0.286. The Bertz CT molecular complexity index is 523. The predicted molar refractivity (Wildman–Crippen MR) is 74.6 cm³/mol. The van der Waals surface area contributed by atoms with Crippen molar-refractivity contribution < 1.29 is 9.59 Å². The number of hydrogen-bond acceptors (Lipinski definition) is 2. The second-order valence-electron chi connectivity index (χ2n) is 4.35. The summed E-state index contributed by atoms with van der Waals surface area (Å²) in [4.78, 5) is 24.9. The Morgan fingerprint density at radius 3 is 2.58 bits per heavy atom. The van der Waals surface area contributed by atoms with Gasteiger partial charge in [0.25, 0.3) is 5.91 Å². The number of rotatable bonds is 4. The molecule has 0 unspecified atom stereocenters. The number of unbranched alkanes of at least 4 members (excludes halogenated alkanes) is 1. The van der Waals surface area contributed by atoms with Gasteiger partial charge in [-0.1, -0.05) is 37.1 Å². The molecule has 3 amide bonds. The number of benzene rings is 1. The van der Waals surface area contributed by atoms with E-state index in [0.29, 0.717) is 17.3 Å². The third kappa shape index (κ3) is 3.15. The molecule has 1 fully saturated rings. The molecule has 19 heavy (non-hydrogen) atoms. The van der Waals surface area contributed by atoms with E-state index in [0.717, 1.165) is 18.4 Å². The number of carbonyl (C=O) groups excluding carboxylic acids is 2. The molecule has 0 aliphatic carbocycles. The number of hydrogen-bond donors (Lipinski definition) is 1. The molecule has 1 aromatic rings. The van der Waals surface area contributed by atoms with E-state index in [1.54, 1.807) is 18.2 Å². The molecule has 0 saturated carbocycles. The second-order valence-corrected chi connectivity index (χ2v) is 4.78. The maximum Gasteiger partial charge on any atom is 0.329 e. The topological polar surface area (TPSA) is 49.4 Å². The lowest BCUT2D eigenvalue weighted by molar-refractivity contribution is -0.116. The van der Waals surface area contributed by atoms with Crippen molar-refractivity contribution in [3.05, 3.63) is 40.5 Å². The summed E-state index contributed by atoms with van der Waals surface area (Å²) in [6.45, 7) is 2.59. The molecule has 1 heterocycles. The molecule has 4 nitrogen and oxygen atoms in total. The van der Waals surface area contributed by atoms with E-state index in [1.165, 1.54) is 4.90 Å². The van der Waals surface area contributed by atoms with E-state index in [-0.39, 0.29) is 11.9 Å². The first-order chi connectivity index (χ1) is 9.11. The first-order valence-electron chi connectivity index (χ1n) is 6.22. The quantitative estimate of drug-likeness (QED) is 0.680. The Kier molecular flexibility index (Phi) is 4.22. The first-order valence-corrected chi connectivity index (χ1v) is 6.59. The Morgan fingerprint density at radius 1 is 1.26 bits per heavy atom. The highest BCUT2D eigenvalue weighted by Gasteiger charge is 2.32. The Morgan fingerprint density at radius 2 is 1.95 bits per heavy atom. The fourth-order valence-electron chi connectivity index (χ4n) is 1.86. The summed E-state index contributed by atoms with van der Waals surface area (Å²) < 4.78 is 0. The summed E-state index contributed by atoms with van der Waals surface area (Å²) in [5.41, 5.74) is 1.23. The number of nitrogens with zero attached hydrogens (tertiary/aromatic N) is 1. The van der Waals surface area contributed by atoms with Gasteiger partial charge in [0.15, 0.2) is 0 Å². The van der Waals surface area contributed by atoms with Crippen molar-refractivity contribution in [2.75, 3.05) is 6.54 Å². The molecule has 1 aliphatic rings. The van der Waals surface area contributed by atoms with Crippen molar-refractivity contribution in [2.24, 2.45) is 0 Å². The van der Waals surface area contributed by atoms with E-state index in [2.05, 4.69) is 5.32 Å². The molecule has 0 radical (unpaired) electrons. The van der Waals surface area contributed by atoms with Gasteiger partial charge in [0.2, 0.25) is 0 Å². The van der Waals surface area contributed by atoms with Gasteiger partial charge in [-0.2, -0.15) is 0 Å². The van der Waals surface area contributed by atoms with Crippen LogP contribution in [0.3, 0.4) is 0 Å². The monoisotopic (exact) mass is 278 g/mol. The average molecular weight is 279 g/mol. The van der Waals surface area contributed by atoms with Gasteiger partial charge >= 0.3 is 6.03 Å². The molecule has 1 N–H and O–H groups in total. The molecule has 5 heteroatoms.